The summed E-state index contributed by atoms with van der Waals surface area (Å²) in [6, 6.07) is 6.38. The second-order valence-electron chi connectivity index (χ2n) is 4.24. The summed E-state index contributed by atoms with van der Waals surface area (Å²) in [7, 11) is 0. The van der Waals surface area contributed by atoms with E-state index < -0.39 is 4.92 Å². The summed E-state index contributed by atoms with van der Waals surface area (Å²) in [6.45, 7) is 3.86. The highest BCUT2D eigenvalue weighted by molar-refractivity contribution is 5.74. The molecule has 0 atom stereocenters. The van der Waals surface area contributed by atoms with E-state index in [1.807, 2.05) is 13.8 Å². The second-order valence-corrected chi connectivity index (χ2v) is 4.24. The van der Waals surface area contributed by atoms with E-state index in [9.17, 15) is 10.1 Å². The molecule has 1 aromatic heterocycles. The van der Waals surface area contributed by atoms with Crippen molar-refractivity contribution in [3.8, 4) is 11.3 Å². The number of nitro groups is 1. The fraction of sp³-hybridized carbons (Fsp3) is 0.250. The first-order chi connectivity index (χ1) is 8.52. The van der Waals surface area contributed by atoms with Crippen LogP contribution in [0, 0.1) is 10.1 Å². The smallest absolute Gasteiger partial charge is 0.280 e. The maximum atomic E-state index is 11.0. The van der Waals surface area contributed by atoms with Crippen molar-refractivity contribution in [3.63, 3.8) is 0 Å². The fourth-order valence-electron chi connectivity index (χ4n) is 1.89. The van der Waals surface area contributed by atoms with Crippen LogP contribution in [0.1, 0.15) is 25.3 Å². The van der Waals surface area contributed by atoms with Crippen molar-refractivity contribution in [2.24, 2.45) is 0 Å². The van der Waals surface area contributed by atoms with Crippen molar-refractivity contribution in [3.05, 3.63) is 39.9 Å². The molecule has 1 heterocycles. The van der Waals surface area contributed by atoms with Gasteiger partial charge in [0.15, 0.2) is 11.6 Å². The van der Waals surface area contributed by atoms with Crippen LogP contribution in [0.4, 0.5) is 11.5 Å². The third-order valence-corrected chi connectivity index (χ3v) is 2.68. The molecule has 0 bridgehead atoms. The predicted molar refractivity (Wildman–Crippen MR) is 67.1 cm³/mol. The highest BCUT2D eigenvalue weighted by Gasteiger charge is 2.24. The molecule has 0 aliphatic heterocycles. The van der Waals surface area contributed by atoms with Gasteiger partial charge >= 0.3 is 0 Å². The van der Waals surface area contributed by atoms with Gasteiger partial charge in [0.1, 0.15) is 0 Å². The van der Waals surface area contributed by atoms with Crippen molar-refractivity contribution < 1.29 is 9.45 Å². The molecule has 0 fully saturated rings. The van der Waals surface area contributed by atoms with Gasteiger partial charge in [0.2, 0.25) is 0 Å². The summed E-state index contributed by atoms with van der Waals surface area (Å²) in [4.78, 5) is 10.5. The molecule has 0 aliphatic carbocycles. The molecule has 0 saturated carbocycles. The largest absolute Gasteiger partial charge is 0.381 e. The lowest BCUT2D eigenvalue weighted by atomic mass is 9.98. The van der Waals surface area contributed by atoms with E-state index in [0.29, 0.717) is 16.9 Å². The molecular weight excluding hydrogens is 234 g/mol. The van der Waals surface area contributed by atoms with Crippen LogP contribution in [-0.2, 0) is 0 Å². The zero-order valence-corrected chi connectivity index (χ0v) is 10.1. The van der Waals surface area contributed by atoms with Crippen molar-refractivity contribution >= 4 is 11.5 Å². The Morgan fingerprint density at radius 3 is 2.67 bits per heavy atom. The summed E-state index contributed by atoms with van der Waals surface area (Å²) in [5.74, 6) is 0.721. The van der Waals surface area contributed by atoms with Crippen LogP contribution in [0.2, 0.25) is 0 Å². The first-order valence-corrected chi connectivity index (χ1v) is 5.51. The van der Waals surface area contributed by atoms with Crippen LogP contribution in [-0.4, -0.2) is 10.1 Å². The SMILES string of the molecule is CC(C)c1c(N)noc1-c1ccccc1[N+](=O)[O-]. The number of hydrogen-bond acceptors (Lipinski definition) is 5. The third kappa shape index (κ3) is 1.92. The molecule has 2 rings (SSSR count). The number of anilines is 1. The number of rotatable bonds is 3. The number of nitrogen functional groups attached to an aromatic ring is 1. The van der Waals surface area contributed by atoms with Gasteiger partial charge in [-0.2, -0.15) is 0 Å². The first kappa shape index (κ1) is 12.1. The topological polar surface area (TPSA) is 95.2 Å². The van der Waals surface area contributed by atoms with Crippen LogP contribution >= 0.6 is 0 Å². The minimum absolute atomic E-state index is 0.0180. The van der Waals surface area contributed by atoms with Gasteiger partial charge in [-0.1, -0.05) is 31.1 Å². The Morgan fingerprint density at radius 1 is 1.39 bits per heavy atom. The zero-order valence-electron chi connectivity index (χ0n) is 10.1. The molecule has 0 spiro atoms. The van der Waals surface area contributed by atoms with Crippen LogP contribution < -0.4 is 5.73 Å². The molecule has 0 radical (unpaired) electrons. The Balaban J connectivity index is 2.66. The van der Waals surface area contributed by atoms with Gasteiger partial charge in [-0.15, -0.1) is 0 Å². The molecule has 0 amide bonds. The van der Waals surface area contributed by atoms with Gasteiger partial charge in [-0.3, -0.25) is 10.1 Å². The molecule has 94 valence electrons. The first-order valence-electron chi connectivity index (χ1n) is 5.51. The second kappa shape index (κ2) is 4.48. The molecule has 6 nitrogen and oxygen atoms in total. The van der Waals surface area contributed by atoms with E-state index in [4.69, 9.17) is 10.3 Å². The number of nitrogens with two attached hydrogens (primary N) is 1. The summed E-state index contributed by atoms with van der Waals surface area (Å²) < 4.78 is 5.15. The molecule has 18 heavy (non-hydrogen) atoms. The standard InChI is InChI=1S/C12H13N3O3/c1-7(2)10-11(18-14-12(10)13)8-5-3-4-6-9(8)15(16)17/h3-7H,1-2H3,(H2,13,14). The lowest BCUT2D eigenvalue weighted by molar-refractivity contribution is -0.384. The van der Waals surface area contributed by atoms with Gasteiger partial charge in [-0.25, -0.2) is 0 Å². The Hall–Kier alpha value is -2.37. The van der Waals surface area contributed by atoms with E-state index in [2.05, 4.69) is 5.16 Å². The lowest BCUT2D eigenvalue weighted by Crippen LogP contribution is -1.97. The number of benzene rings is 1. The van der Waals surface area contributed by atoms with Crippen molar-refractivity contribution in [1.29, 1.82) is 0 Å². The van der Waals surface area contributed by atoms with Crippen LogP contribution in [0.25, 0.3) is 11.3 Å². The molecule has 6 heteroatoms. The molecule has 0 saturated heterocycles. The molecule has 1 aromatic carbocycles. The average Bonchev–Trinajstić information content (AvgIpc) is 2.71. The zero-order chi connectivity index (χ0) is 13.3. The van der Waals surface area contributed by atoms with Crippen LogP contribution in [0.5, 0.6) is 0 Å². The molecule has 2 N–H and O–H groups in total. The van der Waals surface area contributed by atoms with E-state index in [1.54, 1.807) is 18.2 Å². The Morgan fingerprint density at radius 2 is 2.06 bits per heavy atom. The van der Waals surface area contributed by atoms with Crippen LogP contribution in [0.3, 0.4) is 0 Å². The summed E-state index contributed by atoms with van der Waals surface area (Å²) in [5.41, 5.74) is 6.81. The third-order valence-electron chi connectivity index (χ3n) is 2.68. The fourth-order valence-corrected chi connectivity index (χ4v) is 1.89. The molecular formula is C12H13N3O3. The Labute approximate surface area is 104 Å². The van der Waals surface area contributed by atoms with Crippen molar-refractivity contribution in [1.82, 2.24) is 5.16 Å². The number of para-hydroxylation sites is 1. The maximum Gasteiger partial charge on any atom is 0.280 e. The van der Waals surface area contributed by atoms with E-state index in [0.717, 1.165) is 0 Å². The van der Waals surface area contributed by atoms with E-state index in [-0.39, 0.29) is 17.4 Å². The van der Waals surface area contributed by atoms with Gasteiger partial charge in [0.25, 0.3) is 5.69 Å². The minimum Gasteiger partial charge on any atom is -0.381 e. The van der Waals surface area contributed by atoms with Crippen molar-refractivity contribution in [2.75, 3.05) is 5.73 Å². The number of aromatic nitrogens is 1. The maximum absolute atomic E-state index is 11.0. The summed E-state index contributed by atoms with van der Waals surface area (Å²) in [6.07, 6.45) is 0. The Kier molecular flexibility index (Phi) is 3.01. The van der Waals surface area contributed by atoms with E-state index >= 15 is 0 Å². The molecule has 2 aromatic rings. The van der Waals surface area contributed by atoms with Gasteiger partial charge in [-0.05, 0) is 12.0 Å². The summed E-state index contributed by atoms with van der Waals surface area (Å²) in [5, 5.41) is 14.7. The number of hydrogen-bond donors (Lipinski definition) is 1. The monoisotopic (exact) mass is 247 g/mol. The summed E-state index contributed by atoms with van der Waals surface area (Å²) >= 11 is 0. The van der Waals surface area contributed by atoms with Crippen LogP contribution in [0.15, 0.2) is 28.8 Å². The highest BCUT2D eigenvalue weighted by Crippen LogP contribution is 2.37. The molecule has 0 aliphatic rings. The minimum atomic E-state index is -0.446. The van der Waals surface area contributed by atoms with E-state index in [1.165, 1.54) is 6.07 Å². The lowest BCUT2D eigenvalue weighted by Gasteiger charge is -2.05. The van der Waals surface area contributed by atoms with Gasteiger partial charge in [0, 0.05) is 11.6 Å². The number of nitrogens with zero attached hydrogens (tertiary/aromatic N) is 2. The normalized spacial score (nSPS) is 10.8. The van der Waals surface area contributed by atoms with Crippen molar-refractivity contribution in [2.45, 2.75) is 19.8 Å². The predicted octanol–water partition coefficient (Wildman–Crippen LogP) is 2.96. The molecule has 0 unspecified atom stereocenters. The van der Waals surface area contributed by atoms with Gasteiger partial charge < -0.3 is 10.3 Å². The average molecular weight is 247 g/mol. The number of nitro benzene ring substituents is 1. The quantitative estimate of drug-likeness (QED) is 0.664. The van der Waals surface area contributed by atoms with Gasteiger partial charge in [0.05, 0.1) is 10.5 Å². The Bertz CT molecular complexity index is 590. The highest BCUT2D eigenvalue weighted by atomic mass is 16.6.